The number of aliphatic hydroxyl groups is 8. The Morgan fingerprint density at radius 2 is 1.16 bits per heavy atom. The SMILES string of the molecule is O=c1c(O[C@@H]2O[C@H](CO)[C@@H](O)[C@H](O)[C@H]2O)c(-c2cc(O)c(O)c(O)c2)oc2cc(O[C@@H]3O[C@H](CO)[C@@H](O)[C@H](O)[C@H]3O)cc(O)c12. The van der Waals surface area contributed by atoms with Crippen LogP contribution in [-0.2, 0) is 9.47 Å². The molecule has 12 N–H and O–H groups in total. The first-order chi connectivity index (χ1) is 21.3. The Morgan fingerprint density at radius 3 is 1.67 bits per heavy atom. The van der Waals surface area contributed by atoms with Crippen LogP contribution in [-0.4, -0.2) is 136 Å². The smallest absolute Gasteiger partial charge is 0.239 e. The number of phenols is 4. The van der Waals surface area contributed by atoms with Gasteiger partial charge in [-0.3, -0.25) is 4.79 Å². The largest absolute Gasteiger partial charge is 0.507 e. The molecule has 3 aromatic rings. The predicted molar refractivity (Wildman–Crippen MR) is 143 cm³/mol. The van der Waals surface area contributed by atoms with E-state index in [1.54, 1.807) is 0 Å². The number of ether oxygens (including phenoxy) is 4. The number of hydrogen-bond donors (Lipinski definition) is 12. The standard InChI is InChI=1S/C27H30O18/c28-5-13-17(34)20(37)22(39)26(43-13)41-8-3-9(30)15-12(4-8)42-24(7-1-10(31)16(33)11(32)2-7)25(19(15)36)45-27-23(40)21(38)18(35)14(6-29)44-27/h1-4,13-14,17-18,20-23,26-35,37-40H,5-6H2/t13-,14-,17-,18-,20+,21+,22-,23-,26-,27+/m1/s1. The Bertz CT molecular complexity index is 1580. The van der Waals surface area contributed by atoms with Crippen molar-refractivity contribution in [3.05, 3.63) is 34.5 Å². The second-order valence-electron chi connectivity index (χ2n) is 10.4. The number of benzene rings is 2. The van der Waals surface area contributed by atoms with Gasteiger partial charge in [0.1, 0.15) is 71.3 Å². The maximum absolute atomic E-state index is 13.8. The quantitative estimate of drug-likeness (QED) is 0.112. The number of fused-ring (bicyclic) bond motifs is 1. The van der Waals surface area contributed by atoms with Crippen LogP contribution in [0.2, 0.25) is 0 Å². The van der Waals surface area contributed by atoms with Crippen LogP contribution in [0.1, 0.15) is 0 Å². The minimum absolute atomic E-state index is 0.305. The summed E-state index contributed by atoms with van der Waals surface area (Å²) in [6.45, 7) is -1.59. The molecule has 5 rings (SSSR count). The first-order valence-electron chi connectivity index (χ1n) is 13.3. The van der Waals surface area contributed by atoms with Gasteiger partial charge in [-0.2, -0.15) is 0 Å². The van der Waals surface area contributed by atoms with Crippen LogP contribution >= 0.6 is 0 Å². The third-order valence-corrected chi connectivity index (χ3v) is 7.42. The van der Waals surface area contributed by atoms with Crippen LogP contribution in [0.5, 0.6) is 34.5 Å². The lowest BCUT2D eigenvalue weighted by Gasteiger charge is -2.39. The molecule has 3 heterocycles. The zero-order chi connectivity index (χ0) is 32.9. The van der Waals surface area contributed by atoms with Gasteiger partial charge in [-0.05, 0) is 12.1 Å². The maximum atomic E-state index is 13.8. The fourth-order valence-electron chi connectivity index (χ4n) is 4.94. The zero-order valence-electron chi connectivity index (χ0n) is 22.8. The van der Waals surface area contributed by atoms with Crippen molar-refractivity contribution in [3.8, 4) is 45.8 Å². The van der Waals surface area contributed by atoms with Gasteiger partial charge in [-0.1, -0.05) is 0 Å². The van der Waals surface area contributed by atoms with E-state index in [9.17, 15) is 66.1 Å². The molecule has 0 bridgehead atoms. The number of aromatic hydroxyl groups is 4. The van der Waals surface area contributed by atoms with E-state index in [4.69, 9.17) is 23.4 Å². The van der Waals surface area contributed by atoms with Gasteiger partial charge in [0.05, 0.1) is 13.2 Å². The molecule has 2 aromatic carbocycles. The van der Waals surface area contributed by atoms with Crippen LogP contribution in [0, 0.1) is 0 Å². The lowest BCUT2D eigenvalue weighted by molar-refractivity contribution is -0.277. The van der Waals surface area contributed by atoms with Crippen LogP contribution in [0.15, 0.2) is 33.5 Å². The lowest BCUT2D eigenvalue weighted by atomic mass is 9.99. The molecule has 18 nitrogen and oxygen atoms in total. The molecular weight excluding hydrogens is 612 g/mol. The van der Waals surface area contributed by atoms with E-state index in [-0.39, 0.29) is 11.3 Å². The summed E-state index contributed by atoms with van der Waals surface area (Å²) in [5.74, 6) is -5.21. The summed E-state index contributed by atoms with van der Waals surface area (Å²) in [5, 5.41) is 120. The molecule has 2 saturated heterocycles. The summed E-state index contributed by atoms with van der Waals surface area (Å²) in [5.41, 5.74) is -1.89. The van der Waals surface area contributed by atoms with E-state index >= 15 is 0 Å². The van der Waals surface area contributed by atoms with E-state index < -0.39 is 126 Å². The highest BCUT2D eigenvalue weighted by molar-refractivity contribution is 5.88. The van der Waals surface area contributed by atoms with Crippen LogP contribution in [0.25, 0.3) is 22.3 Å². The topological polar surface area (TPSA) is 310 Å². The molecule has 0 aliphatic carbocycles. The molecule has 0 amide bonds. The van der Waals surface area contributed by atoms with Gasteiger partial charge in [0.15, 0.2) is 23.0 Å². The molecule has 45 heavy (non-hydrogen) atoms. The summed E-state index contributed by atoms with van der Waals surface area (Å²) in [6, 6.07) is 3.62. The third-order valence-electron chi connectivity index (χ3n) is 7.42. The van der Waals surface area contributed by atoms with E-state index in [0.717, 1.165) is 24.3 Å². The van der Waals surface area contributed by atoms with Crippen LogP contribution < -0.4 is 14.9 Å². The van der Waals surface area contributed by atoms with Gasteiger partial charge in [0.2, 0.25) is 23.8 Å². The van der Waals surface area contributed by atoms with Crippen molar-refractivity contribution in [2.24, 2.45) is 0 Å². The van der Waals surface area contributed by atoms with Gasteiger partial charge in [0, 0.05) is 17.7 Å². The summed E-state index contributed by atoms with van der Waals surface area (Å²) >= 11 is 0. The van der Waals surface area contributed by atoms with Crippen molar-refractivity contribution >= 4 is 11.0 Å². The molecule has 0 spiro atoms. The second kappa shape index (κ2) is 12.4. The van der Waals surface area contributed by atoms with Crippen molar-refractivity contribution in [1.29, 1.82) is 0 Å². The Morgan fingerprint density at radius 1 is 0.644 bits per heavy atom. The van der Waals surface area contributed by atoms with Crippen molar-refractivity contribution in [2.45, 2.75) is 61.4 Å². The summed E-state index contributed by atoms with van der Waals surface area (Å²) in [6.07, 6.45) is -17.4. The Hall–Kier alpha value is -3.95. The molecule has 0 unspecified atom stereocenters. The van der Waals surface area contributed by atoms with Gasteiger partial charge in [-0.25, -0.2) is 0 Å². The second-order valence-corrected chi connectivity index (χ2v) is 10.4. The Labute approximate surface area is 250 Å². The first kappa shape index (κ1) is 32.4. The predicted octanol–water partition coefficient (Wildman–Crippen LogP) is -3.36. The zero-order valence-corrected chi connectivity index (χ0v) is 22.8. The molecule has 0 radical (unpaired) electrons. The normalized spacial score (nSPS) is 32.0. The molecule has 18 heteroatoms. The molecule has 246 valence electrons. The fraction of sp³-hybridized carbons (Fsp3) is 0.444. The van der Waals surface area contributed by atoms with Crippen molar-refractivity contribution in [1.82, 2.24) is 0 Å². The molecule has 0 saturated carbocycles. The summed E-state index contributed by atoms with van der Waals surface area (Å²) in [7, 11) is 0. The highest BCUT2D eigenvalue weighted by Gasteiger charge is 2.46. The monoisotopic (exact) mass is 642 g/mol. The van der Waals surface area contributed by atoms with Gasteiger partial charge in [0.25, 0.3) is 0 Å². The number of phenolic OH excluding ortho intramolecular Hbond substituents is 4. The number of rotatable bonds is 7. The summed E-state index contributed by atoms with van der Waals surface area (Å²) in [4.78, 5) is 13.8. The average molecular weight is 643 g/mol. The minimum Gasteiger partial charge on any atom is -0.507 e. The molecule has 1 aromatic heterocycles. The van der Waals surface area contributed by atoms with E-state index in [0.29, 0.717) is 0 Å². The number of hydrogen-bond acceptors (Lipinski definition) is 18. The van der Waals surface area contributed by atoms with E-state index in [1.165, 1.54) is 0 Å². The fourth-order valence-corrected chi connectivity index (χ4v) is 4.94. The van der Waals surface area contributed by atoms with Crippen LogP contribution in [0.3, 0.4) is 0 Å². The molecule has 2 aliphatic heterocycles. The van der Waals surface area contributed by atoms with E-state index in [1.807, 2.05) is 0 Å². The highest BCUT2D eigenvalue weighted by Crippen LogP contribution is 2.43. The van der Waals surface area contributed by atoms with Gasteiger partial charge in [-0.15, -0.1) is 0 Å². The maximum Gasteiger partial charge on any atom is 0.239 e. The minimum atomic E-state index is -1.99. The third kappa shape index (κ3) is 5.79. The molecular formula is C27H30O18. The highest BCUT2D eigenvalue weighted by atomic mass is 16.7. The van der Waals surface area contributed by atoms with E-state index in [2.05, 4.69) is 0 Å². The van der Waals surface area contributed by atoms with Crippen molar-refractivity contribution in [3.63, 3.8) is 0 Å². The Kier molecular flexibility index (Phi) is 8.97. The lowest BCUT2D eigenvalue weighted by Crippen LogP contribution is -2.60. The molecule has 2 aliphatic rings. The first-order valence-corrected chi connectivity index (χ1v) is 13.3. The molecule has 2 fully saturated rings. The van der Waals surface area contributed by atoms with Crippen molar-refractivity contribution < 1.29 is 84.6 Å². The average Bonchev–Trinajstić information content (AvgIpc) is 3.00. The number of aliphatic hydroxyl groups excluding tert-OH is 8. The van der Waals surface area contributed by atoms with Crippen molar-refractivity contribution in [2.75, 3.05) is 13.2 Å². The summed E-state index contributed by atoms with van der Waals surface area (Å²) < 4.78 is 27.5. The Balaban J connectivity index is 1.62. The molecule has 10 atom stereocenters. The van der Waals surface area contributed by atoms with Crippen LogP contribution in [0.4, 0.5) is 0 Å². The van der Waals surface area contributed by atoms with Gasteiger partial charge >= 0.3 is 0 Å². The van der Waals surface area contributed by atoms with Gasteiger partial charge < -0.3 is 84.6 Å².